The topological polar surface area (TPSA) is 19.6 Å². The molecule has 0 saturated heterocycles. The van der Waals surface area contributed by atoms with E-state index in [1.807, 2.05) is 11.3 Å². The summed E-state index contributed by atoms with van der Waals surface area (Å²) in [7, 11) is 0. The van der Waals surface area contributed by atoms with Gasteiger partial charge in [0.05, 0.1) is 16.8 Å². The normalized spacial score (nSPS) is 11.4. The fourth-order valence-corrected chi connectivity index (χ4v) is 9.41. The van der Waals surface area contributed by atoms with E-state index in [2.05, 4.69) is 228 Å². The summed E-state index contributed by atoms with van der Waals surface area (Å²) in [4.78, 5) is 4.69. The third-order valence-electron chi connectivity index (χ3n) is 11.1. The van der Waals surface area contributed by atoms with Crippen LogP contribution in [0.1, 0.15) is 0 Å². The quantitative estimate of drug-likeness (QED) is 0.154. The van der Waals surface area contributed by atoms with E-state index in [-0.39, 0.29) is 0 Å². The average molecular weight is 761 g/mol. The molecule has 0 fully saturated rings. The summed E-state index contributed by atoms with van der Waals surface area (Å²) >= 11 is 1.84. The molecule has 0 saturated carbocycles. The van der Waals surface area contributed by atoms with E-state index < -0.39 is 0 Å². The van der Waals surface area contributed by atoms with Crippen LogP contribution in [0.2, 0.25) is 0 Å². The van der Waals surface area contributed by atoms with Gasteiger partial charge in [-0.1, -0.05) is 140 Å². The van der Waals surface area contributed by atoms with Crippen molar-refractivity contribution in [3.8, 4) is 22.3 Å². The average Bonchev–Trinajstić information content (AvgIpc) is 3.87. The highest BCUT2D eigenvalue weighted by atomic mass is 32.1. The van der Waals surface area contributed by atoms with Gasteiger partial charge in [0, 0.05) is 48.3 Å². The maximum atomic E-state index is 7.00. The Kier molecular flexibility index (Phi) is 8.34. The van der Waals surface area contributed by atoms with Crippen LogP contribution in [-0.4, -0.2) is 0 Å². The molecule has 11 rings (SSSR count). The van der Waals surface area contributed by atoms with Crippen molar-refractivity contribution in [1.29, 1.82) is 0 Å². The minimum Gasteiger partial charge on any atom is -0.454 e. The van der Waals surface area contributed by atoms with Gasteiger partial charge >= 0.3 is 0 Å². The Morgan fingerprint density at radius 3 is 1.48 bits per heavy atom. The molecule has 0 atom stereocenters. The monoisotopic (exact) mass is 760 g/mol. The predicted molar refractivity (Wildman–Crippen MR) is 247 cm³/mol. The molecule has 0 aliphatic carbocycles. The predicted octanol–water partition coefficient (Wildman–Crippen LogP) is 16.2. The smallest absolute Gasteiger partial charge is 0.159 e. The third kappa shape index (κ3) is 5.90. The van der Waals surface area contributed by atoms with Crippen molar-refractivity contribution >= 4 is 87.6 Å². The number of anilines is 6. The zero-order valence-electron chi connectivity index (χ0n) is 31.5. The number of furan rings is 1. The third-order valence-corrected chi connectivity index (χ3v) is 12.2. The van der Waals surface area contributed by atoms with Crippen LogP contribution in [-0.2, 0) is 0 Å². The molecule has 0 aliphatic heterocycles. The van der Waals surface area contributed by atoms with E-state index in [0.717, 1.165) is 56.1 Å². The van der Waals surface area contributed by atoms with Crippen molar-refractivity contribution < 1.29 is 4.42 Å². The standard InChI is InChI=1S/C54H36N2OS/c1-4-14-37(15-5-1)39-26-30-42(31-27-39)55(43-32-28-40(29-33-43)38-16-6-2-7-17-38)48-22-13-24-50-53(48)46-21-12-23-49(54(46)57-50)56(41-18-8-3-9-19-41)44-34-35-52-47(36-44)45-20-10-11-25-51(45)58-52/h1-36H. The van der Waals surface area contributed by atoms with E-state index in [1.165, 1.54) is 42.4 Å². The van der Waals surface area contributed by atoms with Gasteiger partial charge in [-0.15, -0.1) is 11.3 Å². The number of para-hydroxylation sites is 2. The van der Waals surface area contributed by atoms with Crippen molar-refractivity contribution in [3.63, 3.8) is 0 Å². The second-order valence-corrected chi connectivity index (χ2v) is 15.6. The molecule has 11 aromatic rings. The number of hydrogen-bond acceptors (Lipinski definition) is 4. The minimum atomic E-state index is 0.832. The molecule has 0 amide bonds. The van der Waals surface area contributed by atoms with Gasteiger partial charge < -0.3 is 14.2 Å². The van der Waals surface area contributed by atoms with Gasteiger partial charge in [-0.25, -0.2) is 0 Å². The van der Waals surface area contributed by atoms with Crippen LogP contribution in [0.25, 0.3) is 64.4 Å². The van der Waals surface area contributed by atoms with Gasteiger partial charge in [0.2, 0.25) is 0 Å². The van der Waals surface area contributed by atoms with Crippen molar-refractivity contribution in [2.24, 2.45) is 0 Å². The summed E-state index contributed by atoms with van der Waals surface area (Å²) in [5.74, 6) is 0. The Labute approximate surface area is 340 Å². The Hall–Kier alpha value is -7.40. The number of fused-ring (bicyclic) bond motifs is 6. The van der Waals surface area contributed by atoms with Crippen molar-refractivity contribution in [1.82, 2.24) is 0 Å². The second-order valence-electron chi connectivity index (χ2n) is 14.5. The van der Waals surface area contributed by atoms with E-state index in [4.69, 9.17) is 4.42 Å². The SMILES string of the molecule is c1ccc(-c2ccc(N(c3ccc(-c4ccccc4)cc3)c3cccc4oc5c(N(c6ccccc6)c6ccc7sc8ccccc8c7c6)cccc5c34)cc2)cc1. The first-order valence-electron chi connectivity index (χ1n) is 19.6. The zero-order chi connectivity index (χ0) is 38.4. The lowest BCUT2D eigenvalue weighted by Gasteiger charge is -2.27. The van der Waals surface area contributed by atoms with Gasteiger partial charge in [0.25, 0.3) is 0 Å². The number of benzene rings is 9. The molecule has 4 heteroatoms. The molecule has 9 aromatic carbocycles. The summed E-state index contributed by atoms with van der Waals surface area (Å²) in [5.41, 5.74) is 12.7. The van der Waals surface area contributed by atoms with Crippen molar-refractivity contribution in [3.05, 3.63) is 218 Å². The van der Waals surface area contributed by atoms with E-state index in [9.17, 15) is 0 Å². The number of hydrogen-bond donors (Lipinski definition) is 0. The van der Waals surface area contributed by atoms with Crippen LogP contribution in [0, 0.1) is 0 Å². The summed E-state index contributed by atoms with van der Waals surface area (Å²) in [6, 6.07) is 77.9. The Balaban J connectivity index is 1.10. The molecule has 0 bridgehead atoms. The summed E-state index contributed by atoms with van der Waals surface area (Å²) in [5, 5.41) is 4.65. The van der Waals surface area contributed by atoms with Crippen LogP contribution < -0.4 is 9.80 Å². The highest BCUT2D eigenvalue weighted by Gasteiger charge is 2.24. The van der Waals surface area contributed by atoms with Gasteiger partial charge in [-0.05, 0) is 101 Å². The van der Waals surface area contributed by atoms with Gasteiger partial charge in [0.1, 0.15) is 5.58 Å². The first-order chi connectivity index (χ1) is 28.8. The maximum absolute atomic E-state index is 7.00. The summed E-state index contributed by atoms with van der Waals surface area (Å²) in [6.45, 7) is 0. The molecule has 2 aromatic heterocycles. The molecule has 274 valence electrons. The molecule has 0 unspecified atom stereocenters. The molecule has 2 heterocycles. The van der Waals surface area contributed by atoms with Gasteiger partial charge in [-0.3, -0.25) is 0 Å². The van der Waals surface area contributed by atoms with Crippen LogP contribution in [0.15, 0.2) is 223 Å². The van der Waals surface area contributed by atoms with Crippen LogP contribution in [0.3, 0.4) is 0 Å². The lowest BCUT2D eigenvalue weighted by Crippen LogP contribution is -2.10. The molecular formula is C54H36N2OS. The second kappa shape index (κ2) is 14.3. The first kappa shape index (κ1) is 33.9. The lowest BCUT2D eigenvalue weighted by molar-refractivity contribution is 0.669. The zero-order valence-corrected chi connectivity index (χ0v) is 32.3. The van der Waals surface area contributed by atoms with Crippen LogP contribution in [0.5, 0.6) is 0 Å². The van der Waals surface area contributed by atoms with E-state index in [0.29, 0.717) is 0 Å². The molecule has 0 aliphatic rings. The molecular weight excluding hydrogens is 725 g/mol. The van der Waals surface area contributed by atoms with Crippen LogP contribution >= 0.6 is 11.3 Å². The summed E-state index contributed by atoms with van der Waals surface area (Å²) in [6.07, 6.45) is 0. The Morgan fingerprint density at radius 1 is 0.328 bits per heavy atom. The minimum absolute atomic E-state index is 0.832. The fourth-order valence-electron chi connectivity index (χ4n) is 8.33. The number of nitrogens with zero attached hydrogens (tertiary/aromatic N) is 2. The van der Waals surface area contributed by atoms with E-state index in [1.54, 1.807) is 0 Å². The molecule has 0 radical (unpaired) electrons. The first-order valence-corrected chi connectivity index (χ1v) is 20.4. The maximum Gasteiger partial charge on any atom is 0.159 e. The van der Waals surface area contributed by atoms with Gasteiger partial charge in [0.15, 0.2) is 5.58 Å². The number of thiophene rings is 1. The molecule has 3 nitrogen and oxygen atoms in total. The van der Waals surface area contributed by atoms with Crippen molar-refractivity contribution in [2.45, 2.75) is 0 Å². The highest BCUT2D eigenvalue weighted by Crippen LogP contribution is 2.48. The van der Waals surface area contributed by atoms with E-state index >= 15 is 0 Å². The van der Waals surface area contributed by atoms with Crippen molar-refractivity contribution in [2.75, 3.05) is 9.80 Å². The fraction of sp³-hybridized carbons (Fsp3) is 0. The largest absolute Gasteiger partial charge is 0.454 e. The Morgan fingerprint density at radius 2 is 0.810 bits per heavy atom. The highest BCUT2D eigenvalue weighted by molar-refractivity contribution is 7.25. The summed E-state index contributed by atoms with van der Waals surface area (Å²) < 4.78 is 9.57. The van der Waals surface area contributed by atoms with Gasteiger partial charge in [-0.2, -0.15) is 0 Å². The molecule has 0 N–H and O–H groups in total. The molecule has 58 heavy (non-hydrogen) atoms. The molecule has 0 spiro atoms. The number of rotatable bonds is 8. The van der Waals surface area contributed by atoms with Crippen LogP contribution in [0.4, 0.5) is 34.1 Å². The lowest BCUT2D eigenvalue weighted by atomic mass is 10.0. The Bertz CT molecular complexity index is 3120.